The minimum absolute atomic E-state index is 0.0769. The first kappa shape index (κ1) is 22.4. The molecule has 2 fully saturated rings. The molecular formula is C21H43O2P. The number of rotatable bonds is 4. The fourth-order valence-electron chi connectivity index (χ4n) is 5.89. The average molecular weight is 359 g/mol. The first-order valence-electron chi connectivity index (χ1n) is 10.4. The third-order valence-electron chi connectivity index (χ3n) is 7.55. The summed E-state index contributed by atoms with van der Waals surface area (Å²) in [7, 11) is -0.0769. The molecule has 2 atom stereocenters. The monoisotopic (exact) mass is 358 g/mol. The Balaban J connectivity index is 0.00000139. The third kappa shape index (κ3) is 2.99. The van der Waals surface area contributed by atoms with Gasteiger partial charge in [-0.3, -0.25) is 0 Å². The molecule has 0 aromatic rings. The normalized spacial score (nSPS) is 33.6. The predicted molar refractivity (Wildman–Crippen MR) is 108 cm³/mol. The molecule has 3 heteroatoms. The molecule has 0 aliphatic carbocycles. The van der Waals surface area contributed by atoms with E-state index in [-0.39, 0.29) is 13.7 Å². The van der Waals surface area contributed by atoms with Crippen molar-refractivity contribution in [2.75, 3.05) is 19.9 Å². The largest absolute Gasteiger partial charge is 0.349 e. The summed E-state index contributed by atoms with van der Waals surface area (Å²) in [4.78, 5) is 0. The first-order chi connectivity index (χ1) is 11.4. The van der Waals surface area contributed by atoms with E-state index >= 15 is 0 Å². The fourth-order valence-corrected chi connectivity index (χ4v) is 10.2. The van der Waals surface area contributed by atoms with Gasteiger partial charge >= 0.3 is 0 Å². The molecule has 2 aliphatic rings. The van der Waals surface area contributed by atoms with Crippen LogP contribution in [0.4, 0.5) is 0 Å². The van der Waals surface area contributed by atoms with Crippen molar-refractivity contribution in [3.63, 3.8) is 0 Å². The smallest absolute Gasteiger partial charge is 0.175 e. The predicted octanol–water partition coefficient (Wildman–Crippen LogP) is 6.66. The summed E-state index contributed by atoms with van der Waals surface area (Å²) in [6.07, 6.45) is 6.02. The summed E-state index contributed by atoms with van der Waals surface area (Å²) in [5.74, 6) is 0.603. The van der Waals surface area contributed by atoms with Gasteiger partial charge in [-0.2, -0.15) is 0 Å². The maximum atomic E-state index is 6.49. The Kier molecular flexibility index (Phi) is 8.24. The van der Waals surface area contributed by atoms with Crippen LogP contribution in [0.3, 0.4) is 0 Å². The van der Waals surface area contributed by atoms with Gasteiger partial charge in [0.2, 0.25) is 0 Å². The lowest BCUT2D eigenvalue weighted by Crippen LogP contribution is -2.67. The van der Waals surface area contributed by atoms with Crippen molar-refractivity contribution in [2.45, 2.75) is 104 Å². The van der Waals surface area contributed by atoms with Crippen LogP contribution in [-0.4, -0.2) is 36.0 Å². The Labute approximate surface area is 153 Å². The van der Waals surface area contributed by atoms with Gasteiger partial charge in [-0.1, -0.05) is 63.3 Å². The van der Waals surface area contributed by atoms with Crippen LogP contribution in [0, 0.1) is 11.8 Å². The summed E-state index contributed by atoms with van der Waals surface area (Å²) in [5.41, 5.74) is 0. The summed E-state index contributed by atoms with van der Waals surface area (Å²) in [6.45, 7) is 22.7. The topological polar surface area (TPSA) is 18.5 Å². The molecular weight excluding hydrogens is 315 g/mol. The molecule has 2 aliphatic heterocycles. The van der Waals surface area contributed by atoms with Crippen LogP contribution in [0.2, 0.25) is 0 Å². The summed E-state index contributed by atoms with van der Waals surface area (Å²) >= 11 is 0. The Bertz CT molecular complexity index is 340. The highest BCUT2D eigenvalue weighted by atomic mass is 31.1. The van der Waals surface area contributed by atoms with Crippen LogP contribution in [0.25, 0.3) is 0 Å². The van der Waals surface area contributed by atoms with E-state index in [4.69, 9.17) is 9.47 Å². The SMILES string of the molecule is CC.CCC1(CC)C(C)C2(OCCCO2)C(C)C(CC)(CC)P1C. The van der Waals surface area contributed by atoms with Crippen molar-refractivity contribution in [2.24, 2.45) is 11.8 Å². The van der Waals surface area contributed by atoms with E-state index in [9.17, 15) is 0 Å². The Hall–Kier alpha value is 0.350. The van der Waals surface area contributed by atoms with Gasteiger partial charge in [0.1, 0.15) is 0 Å². The van der Waals surface area contributed by atoms with E-state index in [0.717, 1.165) is 19.6 Å². The molecule has 0 bridgehead atoms. The van der Waals surface area contributed by atoms with E-state index in [2.05, 4.69) is 48.2 Å². The Morgan fingerprint density at radius 2 is 1.12 bits per heavy atom. The molecule has 24 heavy (non-hydrogen) atoms. The molecule has 2 saturated heterocycles. The second kappa shape index (κ2) is 8.83. The van der Waals surface area contributed by atoms with Gasteiger partial charge in [0.25, 0.3) is 0 Å². The summed E-state index contributed by atoms with van der Waals surface area (Å²) in [6, 6.07) is 0. The van der Waals surface area contributed by atoms with Crippen molar-refractivity contribution in [1.82, 2.24) is 0 Å². The highest BCUT2D eigenvalue weighted by Crippen LogP contribution is 2.74. The molecule has 2 heterocycles. The summed E-state index contributed by atoms with van der Waals surface area (Å²) in [5, 5.41) is 0.760. The first-order valence-corrected chi connectivity index (χ1v) is 12.2. The summed E-state index contributed by atoms with van der Waals surface area (Å²) < 4.78 is 13.0. The zero-order valence-electron chi connectivity index (χ0n) is 17.9. The number of hydrogen-bond donors (Lipinski definition) is 0. The van der Waals surface area contributed by atoms with Crippen molar-refractivity contribution in [3.05, 3.63) is 0 Å². The zero-order valence-corrected chi connectivity index (χ0v) is 18.8. The molecule has 144 valence electrons. The van der Waals surface area contributed by atoms with E-state index < -0.39 is 0 Å². The molecule has 0 radical (unpaired) electrons. The van der Waals surface area contributed by atoms with Gasteiger partial charge in [-0.25, -0.2) is 0 Å². The Morgan fingerprint density at radius 3 is 1.42 bits per heavy atom. The molecule has 0 N–H and O–H groups in total. The highest BCUT2D eigenvalue weighted by molar-refractivity contribution is 7.60. The van der Waals surface area contributed by atoms with Gasteiger partial charge in [-0.15, -0.1) is 0 Å². The molecule has 0 amide bonds. The van der Waals surface area contributed by atoms with E-state index in [1.807, 2.05) is 13.8 Å². The molecule has 0 saturated carbocycles. The molecule has 0 aromatic carbocycles. The van der Waals surface area contributed by atoms with Gasteiger partial charge < -0.3 is 9.47 Å². The molecule has 2 unspecified atom stereocenters. The minimum Gasteiger partial charge on any atom is -0.349 e. The van der Waals surface area contributed by atoms with Crippen molar-refractivity contribution in [1.29, 1.82) is 0 Å². The van der Waals surface area contributed by atoms with Crippen molar-refractivity contribution < 1.29 is 9.47 Å². The van der Waals surface area contributed by atoms with Crippen LogP contribution < -0.4 is 0 Å². The van der Waals surface area contributed by atoms with E-state index in [0.29, 0.717) is 22.1 Å². The van der Waals surface area contributed by atoms with Gasteiger partial charge in [0.15, 0.2) is 5.79 Å². The number of ether oxygens (including phenoxy) is 2. The lowest BCUT2D eigenvalue weighted by atomic mass is 9.70. The third-order valence-corrected chi connectivity index (χ3v) is 12.3. The molecule has 2 rings (SSSR count). The van der Waals surface area contributed by atoms with Gasteiger partial charge in [0, 0.05) is 11.8 Å². The zero-order chi connectivity index (χ0) is 18.6. The van der Waals surface area contributed by atoms with Crippen molar-refractivity contribution in [3.8, 4) is 0 Å². The van der Waals surface area contributed by atoms with Crippen LogP contribution >= 0.6 is 7.92 Å². The standard InChI is InChI=1S/C19H37O2P.C2H6/c1-8-17(9-2)15(5)19(20-13-12-14-21-19)16(6)18(10-3,11-4)22(17)7;1-2/h15-16H,8-14H2,1-7H3;1-2H3. The van der Waals surface area contributed by atoms with E-state index in [1.165, 1.54) is 25.7 Å². The van der Waals surface area contributed by atoms with Crippen LogP contribution in [0.1, 0.15) is 87.5 Å². The van der Waals surface area contributed by atoms with Gasteiger partial charge in [0.05, 0.1) is 13.2 Å². The van der Waals surface area contributed by atoms with Crippen LogP contribution in [0.5, 0.6) is 0 Å². The van der Waals surface area contributed by atoms with Crippen molar-refractivity contribution >= 4 is 7.92 Å². The number of hydrogen-bond acceptors (Lipinski definition) is 2. The molecule has 0 aromatic heterocycles. The van der Waals surface area contributed by atoms with E-state index in [1.54, 1.807) is 0 Å². The van der Waals surface area contributed by atoms with Gasteiger partial charge in [-0.05, 0) is 49.1 Å². The fraction of sp³-hybridized carbons (Fsp3) is 1.00. The van der Waals surface area contributed by atoms with Crippen LogP contribution in [-0.2, 0) is 9.47 Å². The highest BCUT2D eigenvalue weighted by Gasteiger charge is 2.66. The maximum absolute atomic E-state index is 6.49. The second-order valence-electron chi connectivity index (χ2n) is 7.40. The average Bonchev–Trinajstić information content (AvgIpc) is 2.65. The second-order valence-corrected chi connectivity index (χ2v) is 10.3. The molecule has 1 spiro atoms. The maximum Gasteiger partial charge on any atom is 0.175 e. The lowest BCUT2D eigenvalue weighted by molar-refractivity contribution is -0.329. The Morgan fingerprint density at radius 1 is 0.792 bits per heavy atom. The van der Waals surface area contributed by atoms with Crippen LogP contribution in [0.15, 0.2) is 0 Å². The quantitative estimate of drug-likeness (QED) is 0.523. The lowest BCUT2D eigenvalue weighted by Gasteiger charge is -2.67. The molecule has 2 nitrogen and oxygen atoms in total. The minimum atomic E-state index is -0.356.